The van der Waals surface area contributed by atoms with Gasteiger partial charge < -0.3 is 15.0 Å². The van der Waals surface area contributed by atoms with Crippen molar-refractivity contribution in [1.82, 2.24) is 10.2 Å². The number of methoxy groups -OCH3 is 1. The van der Waals surface area contributed by atoms with Crippen LogP contribution >= 0.6 is 0 Å². The molecule has 0 bridgehead atoms. The molecule has 0 saturated carbocycles. The van der Waals surface area contributed by atoms with Crippen LogP contribution in [0.4, 0.5) is 4.39 Å². The van der Waals surface area contributed by atoms with Gasteiger partial charge in [0.1, 0.15) is 11.6 Å². The first kappa shape index (κ1) is 19.0. The van der Waals surface area contributed by atoms with E-state index < -0.39 is 0 Å². The van der Waals surface area contributed by atoms with Crippen LogP contribution in [0.5, 0.6) is 5.75 Å². The van der Waals surface area contributed by atoms with E-state index in [1.54, 1.807) is 29.2 Å². The summed E-state index contributed by atoms with van der Waals surface area (Å²) in [5.41, 5.74) is 1.98. The maximum atomic E-state index is 13.6. The average Bonchev–Trinajstić information content (AvgIpc) is 2.67. The van der Waals surface area contributed by atoms with Crippen LogP contribution in [0.2, 0.25) is 0 Å². The first-order valence-electron chi connectivity index (χ1n) is 8.93. The number of hydrogen-bond acceptors (Lipinski definition) is 4. The highest BCUT2D eigenvalue weighted by Gasteiger charge is 2.28. The monoisotopic (exact) mass is 370 g/mol. The van der Waals surface area contributed by atoms with E-state index in [1.165, 1.54) is 26.2 Å². The first-order chi connectivity index (χ1) is 13.0. The van der Waals surface area contributed by atoms with E-state index in [9.17, 15) is 14.0 Å². The lowest BCUT2D eigenvalue weighted by atomic mass is 10.0. The van der Waals surface area contributed by atoms with Crippen molar-refractivity contribution in [2.45, 2.75) is 19.4 Å². The van der Waals surface area contributed by atoms with E-state index in [1.807, 2.05) is 6.07 Å². The van der Waals surface area contributed by atoms with Crippen LogP contribution in [0.1, 0.15) is 34.5 Å². The molecule has 1 saturated heterocycles. The molecule has 1 fully saturated rings. The fourth-order valence-corrected chi connectivity index (χ4v) is 3.41. The normalized spacial score (nSPS) is 16.9. The molecule has 0 spiro atoms. The molecule has 3 rings (SSSR count). The lowest BCUT2D eigenvalue weighted by Crippen LogP contribution is -2.49. The number of nitrogens with one attached hydrogen (secondary N) is 1. The second-order valence-electron chi connectivity index (χ2n) is 6.62. The van der Waals surface area contributed by atoms with Gasteiger partial charge in [0.05, 0.1) is 19.6 Å². The van der Waals surface area contributed by atoms with E-state index in [4.69, 9.17) is 4.74 Å². The summed E-state index contributed by atoms with van der Waals surface area (Å²) in [5.74, 6) is 0.114. The van der Waals surface area contributed by atoms with Crippen LogP contribution in [0.3, 0.4) is 0 Å². The van der Waals surface area contributed by atoms with Crippen LogP contribution in [0, 0.1) is 5.82 Å². The second kappa shape index (κ2) is 8.31. The Balaban J connectivity index is 1.85. The SMILES string of the molecule is COc1ccc(C(C)=O)cc1CC(=O)N1CCNCC1c1cccc(F)c1. The topological polar surface area (TPSA) is 58.6 Å². The Bertz CT molecular complexity index is 853. The lowest BCUT2D eigenvalue weighted by Gasteiger charge is -2.36. The minimum Gasteiger partial charge on any atom is -0.496 e. The molecular weight excluding hydrogens is 347 g/mol. The van der Waals surface area contributed by atoms with Crippen molar-refractivity contribution in [2.24, 2.45) is 0 Å². The van der Waals surface area contributed by atoms with Crippen molar-refractivity contribution < 1.29 is 18.7 Å². The van der Waals surface area contributed by atoms with E-state index in [0.717, 1.165) is 5.56 Å². The smallest absolute Gasteiger partial charge is 0.227 e. The highest BCUT2D eigenvalue weighted by molar-refractivity contribution is 5.94. The summed E-state index contributed by atoms with van der Waals surface area (Å²) in [6, 6.07) is 11.2. The number of hydrogen-bond donors (Lipinski definition) is 1. The molecule has 2 aromatic carbocycles. The first-order valence-corrected chi connectivity index (χ1v) is 8.93. The molecule has 6 heteroatoms. The molecule has 5 nitrogen and oxygen atoms in total. The minimum absolute atomic E-state index is 0.0637. The van der Waals surface area contributed by atoms with Gasteiger partial charge in [-0.2, -0.15) is 0 Å². The quantitative estimate of drug-likeness (QED) is 0.823. The van der Waals surface area contributed by atoms with Gasteiger partial charge in [0, 0.05) is 30.8 Å². The van der Waals surface area contributed by atoms with Crippen LogP contribution in [-0.4, -0.2) is 43.3 Å². The van der Waals surface area contributed by atoms with Gasteiger partial charge >= 0.3 is 0 Å². The van der Waals surface area contributed by atoms with Gasteiger partial charge in [-0.15, -0.1) is 0 Å². The molecular formula is C21H23FN2O3. The minimum atomic E-state index is -0.318. The fraction of sp³-hybridized carbons (Fsp3) is 0.333. The molecule has 142 valence electrons. The Hall–Kier alpha value is -2.73. The number of benzene rings is 2. The summed E-state index contributed by atoms with van der Waals surface area (Å²) in [6.07, 6.45) is 0.121. The lowest BCUT2D eigenvalue weighted by molar-refractivity contribution is -0.133. The highest BCUT2D eigenvalue weighted by Crippen LogP contribution is 2.26. The van der Waals surface area contributed by atoms with Crippen molar-refractivity contribution in [3.05, 3.63) is 65.0 Å². The van der Waals surface area contributed by atoms with Crippen molar-refractivity contribution in [3.8, 4) is 5.75 Å². The fourth-order valence-electron chi connectivity index (χ4n) is 3.41. The summed E-state index contributed by atoms with van der Waals surface area (Å²) in [4.78, 5) is 26.5. The maximum absolute atomic E-state index is 13.6. The Morgan fingerprint density at radius 1 is 1.26 bits per heavy atom. The number of ketones is 1. The molecule has 1 amide bonds. The van der Waals surface area contributed by atoms with Crippen LogP contribution in [-0.2, 0) is 11.2 Å². The summed E-state index contributed by atoms with van der Waals surface area (Å²) in [6.45, 7) is 3.28. The van der Waals surface area contributed by atoms with Crippen molar-refractivity contribution in [1.29, 1.82) is 0 Å². The predicted octanol–water partition coefficient (Wildman–Crippen LogP) is 2.75. The summed E-state index contributed by atoms with van der Waals surface area (Å²) in [7, 11) is 1.54. The zero-order chi connectivity index (χ0) is 19.4. The Morgan fingerprint density at radius 3 is 2.78 bits per heavy atom. The number of ether oxygens (including phenoxy) is 1. The summed E-state index contributed by atoms with van der Waals surface area (Å²) in [5, 5.41) is 3.26. The molecule has 2 aromatic rings. The van der Waals surface area contributed by atoms with Crippen molar-refractivity contribution in [2.75, 3.05) is 26.7 Å². The number of carbonyl (C=O) groups excluding carboxylic acids is 2. The summed E-state index contributed by atoms with van der Waals surface area (Å²) < 4.78 is 19.0. The number of rotatable bonds is 5. The maximum Gasteiger partial charge on any atom is 0.227 e. The number of nitrogens with zero attached hydrogens (tertiary/aromatic N) is 1. The van der Waals surface area contributed by atoms with Crippen LogP contribution in [0.25, 0.3) is 0 Å². The van der Waals surface area contributed by atoms with E-state index in [-0.39, 0.29) is 30.0 Å². The molecule has 0 aromatic heterocycles. The van der Waals surface area contributed by atoms with E-state index in [2.05, 4.69) is 5.32 Å². The zero-order valence-electron chi connectivity index (χ0n) is 15.5. The molecule has 1 N–H and O–H groups in total. The van der Waals surface area contributed by atoms with Crippen molar-refractivity contribution in [3.63, 3.8) is 0 Å². The van der Waals surface area contributed by atoms with Crippen LogP contribution < -0.4 is 10.1 Å². The van der Waals surface area contributed by atoms with Gasteiger partial charge in [0.15, 0.2) is 5.78 Å². The van der Waals surface area contributed by atoms with Gasteiger partial charge in [-0.3, -0.25) is 9.59 Å². The number of piperazine rings is 1. The number of amides is 1. The second-order valence-corrected chi connectivity index (χ2v) is 6.62. The molecule has 27 heavy (non-hydrogen) atoms. The third-order valence-corrected chi connectivity index (χ3v) is 4.83. The molecule has 0 aliphatic carbocycles. The van der Waals surface area contributed by atoms with Gasteiger partial charge in [0.2, 0.25) is 5.91 Å². The van der Waals surface area contributed by atoms with Crippen LogP contribution in [0.15, 0.2) is 42.5 Å². The number of carbonyl (C=O) groups is 2. The molecule has 0 radical (unpaired) electrons. The molecule has 1 heterocycles. The van der Waals surface area contributed by atoms with Gasteiger partial charge in [-0.1, -0.05) is 12.1 Å². The predicted molar refractivity (Wildman–Crippen MR) is 100 cm³/mol. The average molecular weight is 370 g/mol. The number of Topliss-reactive ketones (excluding diaryl/α,β-unsaturated/α-hetero) is 1. The van der Waals surface area contributed by atoms with Gasteiger partial charge in [-0.05, 0) is 42.8 Å². The largest absolute Gasteiger partial charge is 0.496 e. The third-order valence-electron chi connectivity index (χ3n) is 4.83. The molecule has 1 aliphatic rings. The highest BCUT2D eigenvalue weighted by atomic mass is 19.1. The molecule has 1 unspecified atom stereocenters. The standard InChI is InChI=1S/C21H23FN2O3/c1-14(25)15-6-7-20(27-2)17(10-15)12-21(26)24-9-8-23-13-19(24)16-4-3-5-18(22)11-16/h3-7,10-11,19,23H,8-9,12-13H2,1-2H3. The van der Waals surface area contributed by atoms with Gasteiger partial charge in [0.25, 0.3) is 0 Å². The summed E-state index contributed by atoms with van der Waals surface area (Å²) >= 11 is 0. The molecule has 1 atom stereocenters. The van der Waals surface area contributed by atoms with E-state index >= 15 is 0 Å². The van der Waals surface area contributed by atoms with E-state index in [0.29, 0.717) is 36.5 Å². The zero-order valence-corrected chi connectivity index (χ0v) is 15.5. The molecule has 1 aliphatic heterocycles. The van der Waals surface area contributed by atoms with Gasteiger partial charge in [-0.25, -0.2) is 4.39 Å². The Labute approximate surface area is 158 Å². The Kier molecular flexibility index (Phi) is 5.86. The number of halogens is 1. The van der Waals surface area contributed by atoms with Crippen molar-refractivity contribution >= 4 is 11.7 Å². The Morgan fingerprint density at radius 2 is 2.07 bits per heavy atom. The third kappa shape index (κ3) is 4.34.